The minimum absolute atomic E-state index is 0.156. The average Bonchev–Trinajstić information content (AvgIpc) is 3.06. The third-order valence-corrected chi connectivity index (χ3v) is 7.02. The molecule has 0 amide bonds. The zero-order chi connectivity index (χ0) is 20.6. The molecule has 4 nitrogen and oxygen atoms in total. The molecule has 2 heterocycles. The number of aromatic nitrogens is 1. The highest BCUT2D eigenvalue weighted by molar-refractivity contribution is 7.16. The minimum Gasteiger partial charge on any atom is -0.478 e. The summed E-state index contributed by atoms with van der Waals surface area (Å²) in [6.45, 7) is 5.16. The summed E-state index contributed by atoms with van der Waals surface area (Å²) >= 11 is 1.65. The molecule has 0 unspecified atom stereocenters. The van der Waals surface area contributed by atoms with E-state index in [4.69, 9.17) is 0 Å². The Bertz CT molecular complexity index is 1050. The van der Waals surface area contributed by atoms with Crippen LogP contribution >= 0.6 is 11.3 Å². The Balaban J connectivity index is 1.74. The molecule has 29 heavy (non-hydrogen) atoms. The van der Waals surface area contributed by atoms with Gasteiger partial charge in [-0.05, 0) is 54.5 Å². The van der Waals surface area contributed by atoms with Crippen molar-refractivity contribution in [1.29, 1.82) is 0 Å². The molecule has 0 aliphatic heterocycles. The second-order valence-electron chi connectivity index (χ2n) is 8.46. The molecule has 0 bridgehead atoms. The first-order valence-corrected chi connectivity index (χ1v) is 10.8. The number of pyridine rings is 1. The summed E-state index contributed by atoms with van der Waals surface area (Å²) < 4.78 is 0. The lowest BCUT2D eigenvalue weighted by atomic mass is 9.76. The summed E-state index contributed by atoms with van der Waals surface area (Å²) in [6.07, 6.45) is 4.71. The lowest BCUT2D eigenvalue weighted by Crippen LogP contribution is -2.22. The van der Waals surface area contributed by atoms with E-state index in [2.05, 4.69) is 42.3 Å². The number of nitrogens with one attached hydrogen (secondary N) is 1. The maximum atomic E-state index is 12.1. The van der Waals surface area contributed by atoms with E-state index in [0.717, 1.165) is 52.1 Å². The number of fused-ring (bicyclic) bond motifs is 1. The summed E-state index contributed by atoms with van der Waals surface area (Å²) in [4.78, 5) is 18.7. The van der Waals surface area contributed by atoms with Gasteiger partial charge in [0.25, 0.3) is 0 Å². The fourth-order valence-corrected chi connectivity index (χ4v) is 5.47. The molecule has 0 saturated carbocycles. The van der Waals surface area contributed by atoms with Gasteiger partial charge in [0.1, 0.15) is 0 Å². The number of benzene rings is 1. The smallest absolute Gasteiger partial charge is 0.337 e. The third kappa shape index (κ3) is 3.85. The Kier molecular flexibility index (Phi) is 5.28. The van der Waals surface area contributed by atoms with Crippen molar-refractivity contribution < 1.29 is 9.90 Å². The molecule has 1 aromatic carbocycles. The molecule has 0 spiro atoms. The fraction of sp³-hybridized carbons (Fsp3) is 0.333. The first-order valence-electron chi connectivity index (χ1n) is 9.97. The molecule has 5 heteroatoms. The van der Waals surface area contributed by atoms with Crippen molar-refractivity contribution in [2.75, 3.05) is 7.05 Å². The molecule has 1 aliphatic rings. The highest BCUT2D eigenvalue weighted by Crippen LogP contribution is 2.45. The van der Waals surface area contributed by atoms with Gasteiger partial charge in [0.15, 0.2) is 0 Å². The maximum absolute atomic E-state index is 12.1. The van der Waals surface area contributed by atoms with Crippen LogP contribution in [0.2, 0.25) is 0 Å². The van der Waals surface area contributed by atoms with Gasteiger partial charge in [-0.25, -0.2) is 4.79 Å². The first-order chi connectivity index (χ1) is 13.9. The van der Waals surface area contributed by atoms with Gasteiger partial charge < -0.3 is 10.4 Å². The van der Waals surface area contributed by atoms with E-state index in [0.29, 0.717) is 12.1 Å². The quantitative estimate of drug-likeness (QED) is 0.595. The number of hydrogen-bond acceptors (Lipinski definition) is 4. The number of aromatic carboxylic acids is 1. The molecule has 0 radical (unpaired) electrons. The molecule has 150 valence electrons. The van der Waals surface area contributed by atoms with Gasteiger partial charge in [-0.3, -0.25) is 4.98 Å². The van der Waals surface area contributed by atoms with Crippen molar-refractivity contribution in [3.05, 3.63) is 64.3 Å². The molecular weight excluding hydrogens is 380 g/mol. The predicted octanol–water partition coefficient (Wildman–Crippen LogP) is 5.41. The largest absolute Gasteiger partial charge is 0.478 e. The predicted molar refractivity (Wildman–Crippen MR) is 119 cm³/mol. The van der Waals surface area contributed by atoms with Gasteiger partial charge in [-0.15, -0.1) is 11.3 Å². The van der Waals surface area contributed by atoms with E-state index in [1.807, 2.05) is 25.2 Å². The van der Waals surface area contributed by atoms with E-state index < -0.39 is 5.97 Å². The van der Waals surface area contributed by atoms with Crippen LogP contribution in [0.5, 0.6) is 0 Å². The van der Waals surface area contributed by atoms with Crippen molar-refractivity contribution in [2.45, 2.75) is 39.7 Å². The lowest BCUT2D eigenvalue weighted by Gasteiger charge is -2.29. The highest BCUT2D eigenvalue weighted by Gasteiger charge is 2.32. The number of carbonyl (C=O) groups is 1. The summed E-state index contributed by atoms with van der Waals surface area (Å²) in [5.41, 5.74) is 5.86. The van der Waals surface area contributed by atoms with Gasteiger partial charge in [-0.2, -0.15) is 0 Å². The number of rotatable bonds is 5. The van der Waals surface area contributed by atoms with Gasteiger partial charge in [0.05, 0.1) is 11.3 Å². The standard InChI is InChI=1S/C24H26N2O2S/c1-24(2)11-10-20-18(13-24)21(23(27)28)22(29-20)16-8-6-15(7-9-16)17-5-4-12-26-19(17)14-25-3/h4-9,12,25H,10-11,13-14H2,1-3H3,(H,27,28). The van der Waals surface area contributed by atoms with Crippen LogP contribution in [0, 0.1) is 5.41 Å². The van der Waals surface area contributed by atoms with Crippen LogP contribution in [0.1, 0.15) is 46.8 Å². The molecule has 2 aromatic heterocycles. The van der Waals surface area contributed by atoms with E-state index in [9.17, 15) is 9.90 Å². The second-order valence-corrected chi connectivity index (χ2v) is 9.56. The Hall–Kier alpha value is -2.50. The molecule has 0 fully saturated rings. The highest BCUT2D eigenvalue weighted by atomic mass is 32.1. The van der Waals surface area contributed by atoms with Crippen LogP contribution in [0.25, 0.3) is 21.6 Å². The van der Waals surface area contributed by atoms with Crippen LogP contribution < -0.4 is 5.32 Å². The average molecular weight is 407 g/mol. The van der Waals surface area contributed by atoms with E-state index in [-0.39, 0.29) is 5.41 Å². The van der Waals surface area contributed by atoms with Crippen molar-refractivity contribution in [3.8, 4) is 21.6 Å². The van der Waals surface area contributed by atoms with Gasteiger partial charge in [-0.1, -0.05) is 44.2 Å². The minimum atomic E-state index is -0.817. The number of hydrogen-bond donors (Lipinski definition) is 2. The molecule has 0 saturated heterocycles. The van der Waals surface area contributed by atoms with Gasteiger partial charge in [0.2, 0.25) is 0 Å². The number of nitrogens with zero attached hydrogens (tertiary/aromatic N) is 1. The second kappa shape index (κ2) is 7.73. The lowest BCUT2D eigenvalue weighted by molar-refractivity contribution is 0.0696. The monoisotopic (exact) mass is 406 g/mol. The number of carboxylic acid groups (broad SMARTS) is 1. The zero-order valence-electron chi connectivity index (χ0n) is 17.1. The Labute approximate surface area is 175 Å². The molecule has 3 aromatic rings. The maximum Gasteiger partial charge on any atom is 0.337 e. The van der Waals surface area contributed by atoms with Crippen molar-refractivity contribution in [3.63, 3.8) is 0 Å². The molecule has 0 atom stereocenters. The van der Waals surface area contributed by atoms with E-state index in [1.54, 1.807) is 17.5 Å². The van der Waals surface area contributed by atoms with Crippen LogP contribution in [-0.4, -0.2) is 23.1 Å². The number of carboxylic acids is 1. The van der Waals surface area contributed by atoms with Crippen LogP contribution in [0.15, 0.2) is 42.6 Å². The van der Waals surface area contributed by atoms with Crippen LogP contribution in [-0.2, 0) is 19.4 Å². The Morgan fingerprint density at radius 3 is 2.62 bits per heavy atom. The van der Waals surface area contributed by atoms with Gasteiger partial charge >= 0.3 is 5.97 Å². The SMILES string of the molecule is CNCc1ncccc1-c1ccc(-c2sc3c(c2C(=O)O)CC(C)(C)CC3)cc1. The van der Waals surface area contributed by atoms with Gasteiger partial charge in [0, 0.05) is 28.1 Å². The van der Waals surface area contributed by atoms with Crippen molar-refractivity contribution in [2.24, 2.45) is 5.41 Å². The fourth-order valence-electron chi connectivity index (χ4n) is 4.16. The molecule has 1 aliphatic carbocycles. The van der Waals surface area contributed by atoms with Crippen molar-refractivity contribution >= 4 is 17.3 Å². The number of thiophene rings is 1. The topological polar surface area (TPSA) is 62.2 Å². The zero-order valence-corrected chi connectivity index (χ0v) is 17.9. The Morgan fingerprint density at radius 2 is 1.93 bits per heavy atom. The van der Waals surface area contributed by atoms with E-state index >= 15 is 0 Å². The van der Waals surface area contributed by atoms with Crippen LogP contribution in [0.3, 0.4) is 0 Å². The summed E-state index contributed by atoms with van der Waals surface area (Å²) in [5, 5.41) is 13.1. The summed E-state index contributed by atoms with van der Waals surface area (Å²) in [5.74, 6) is -0.817. The molecule has 2 N–H and O–H groups in total. The van der Waals surface area contributed by atoms with E-state index in [1.165, 1.54) is 4.88 Å². The van der Waals surface area contributed by atoms with Crippen molar-refractivity contribution in [1.82, 2.24) is 10.3 Å². The third-order valence-electron chi connectivity index (χ3n) is 5.68. The normalized spacial score (nSPS) is 15.1. The molecular formula is C24H26N2O2S. The molecule has 4 rings (SSSR count). The first kappa shape index (κ1) is 19.8. The summed E-state index contributed by atoms with van der Waals surface area (Å²) in [7, 11) is 1.91. The van der Waals surface area contributed by atoms with Crippen LogP contribution in [0.4, 0.5) is 0 Å². The summed E-state index contributed by atoms with van der Waals surface area (Å²) in [6, 6.07) is 12.2. The Morgan fingerprint density at radius 1 is 1.21 bits per heavy atom. The number of aryl methyl sites for hydroxylation is 1.